The Hall–Kier alpha value is -1.91. The highest BCUT2D eigenvalue weighted by Gasteiger charge is 2.19. The molecule has 1 aliphatic heterocycles. The highest BCUT2D eigenvalue weighted by atomic mass is 16.2. The summed E-state index contributed by atoms with van der Waals surface area (Å²) in [6.07, 6.45) is 7.49. The fourth-order valence-corrected chi connectivity index (χ4v) is 2.48. The maximum Gasteiger partial charge on any atom is 0.255 e. The number of amides is 2. The minimum Gasteiger partial charge on any atom is -0.350 e. The van der Waals surface area contributed by atoms with Gasteiger partial charge in [0.25, 0.3) is 11.8 Å². The van der Waals surface area contributed by atoms with Crippen LogP contribution in [0.5, 0.6) is 0 Å². The van der Waals surface area contributed by atoms with Gasteiger partial charge in [0.1, 0.15) is 0 Å². The van der Waals surface area contributed by atoms with E-state index < -0.39 is 0 Å². The predicted octanol–water partition coefficient (Wildman–Crippen LogP) is 2.24. The minimum absolute atomic E-state index is 0.0244. The van der Waals surface area contributed by atoms with Crippen molar-refractivity contribution in [3.05, 3.63) is 29.6 Å². The first kappa shape index (κ1) is 15.5. The minimum atomic E-state index is -0.192. The maximum absolute atomic E-state index is 12.5. The zero-order chi connectivity index (χ0) is 15.2. The molecule has 0 spiro atoms. The van der Waals surface area contributed by atoms with Crippen LogP contribution in [-0.2, 0) is 0 Å². The molecule has 0 aromatic carbocycles. The molecule has 1 aromatic heterocycles. The first-order valence-electron chi connectivity index (χ1n) is 7.63. The number of hydrogen-bond acceptors (Lipinski definition) is 3. The Labute approximate surface area is 125 Å². The topological polar surface area (TPSA) is 62.3 Å². The van der Waals surface area contributed by atoms with Gasteiger partial charge < -0.3 is 10.2 Å². The van der Waals surface area contributed by atoms with Crippen molar-refractivity contribution in [2.24, 2.45) is 0 Å². The number of rotatable bonds is 3. The summed E-state index contributed by atoms with van der Waals surface area (Å²) in [5.41, 5.74) is 0.928. The molecule has 1 aliphatic rings. The van der Waals surface area contributed by atoms with Crippen molar-refractivity contribution in [1.82, 2.24) is 15.2 Å². The van der Waals surface area contributed by atoms with Gasteiger partial charge in [-0.2, -0.15) is 0 Å². The van der Waals surface area contributed by atoms with Crippen LogP contribution >= 0.6 is 0 Å². The lowest BCUT2D eigenvalue weighted by Crippen LogP contribution is -2.33. The Morgan fingerprint density at radius 2 is 1.71 bits per heavy atom. The monoisotopic (exact) mass is 289 g/mol. The van der Waals surface area contributed by atoms with Crippen molar-refractivity contribution in [2.75, 3.05) is 13.1 Å². The van der Waals surface area contributed by atoms with Crippen LogP contribution in [0.3, 0.4) is 0 Å². The molecule has 5 heteroatoms. The molecule has 0 unspecified atom stereocenters. The molecule has 2 heterocycles. The molecule has 2 rings (SSSR count). The molecule has 1 saturated heterocycles. The molecule has 1 aromatic rings. The highest BCUT2D eigenvalue weighted by Crippen LogP contribution is 2.13. The Morgan fingerprint density at radius 1 is 1.10 bits per heavy atom. The molecule has 1 N–H and O–H groups in total. The number of carbonyl (C=O) groups excluding carboxylic acids is 2. The van der Waals surface area contributed by atoms with Crippen molar-refractivity contribution in [3.63, 3.8) is 0 Å². The molecule has 0 bridgehead atoms. The third-order valence-corrected chi connectivity index (χ3v) is 3.56. The van der Waals surface area contributed by atoms with Crippen LogP contribution in [0.25, 0.3) is 0 Å². The molecule has 0 aliphatic carbocycles. The van der Waals surface area contributed by atoms with Gasteiger partial charge in [0.05, 0.1) is 11.1 Å². The average molecular weight is 289 g/mol. The van der Waals surface area contributed by atoms with E-state index >= 15 is 0 Å². The lowest BCUT2D eigenvalue weighted by molar-refractivity contribution is 0.0761. The second-order valence-electron chi connectivity index (χ2n) is 5.80. The molecule has 2 amide bonds. The van der Waals surface area contributed by atoms with E-state index in [9.17, 15) is 9.59 Å². The first-order valence-corrected chi connectivity index (χ1v) is 7.63. The molecular weight excluding hydrogens is 266 g/mol. The van der Waals surface area contributed by atoms with Gasteiger partial charge in [-0.25, -0.2) is 0 Å². The molecule has 21 heavy (non-hydrogen) atoms. The van der Waals surface area contributed by atoms with Crippen molar-refractivity contribution >= 4 is 11.8 Å². The highest BCUT2D eigenvalue weighted by molar-refractivity contribution is 5.99. The lowest BCUT2D eigenvalue weighted by Gasteiger charge is -2.20. The number of nitrogens with zero attached hydrogens (tertiary/aromatic N) is 2. The number of pyridine rings is 1. The third-order valence-electron chi connectivity index (χ3n) is 3.56. The fourth-order valence-electron chi connectivity index (χ4n) is 2.48. The largest absolute Gasteiger partial charge is 0.350 e. The number of carbonyl (C=O) groups is 2. The van der Waals surface area contributed by atoms with Crippen LogP contribution in [-0.4, -0.2) is 40.8 Å². The van der Waals surface area contributed by atoms with E-state index in [2.05, 4.69) is 10.3 Å². The van der Waals surface area contributed by atoms with E-state index in [4.69, 9.17) is 0 Å². The third kappa shape index (κ3) is 4.28. The number of nitrogens with one attached hydrogen (secondary N) is 1. The average Bonchev–Trinajstić information content (AvgIpc) is 2.75. The zero-order valence-corrected chi connectivity index (χ0v) is 12.8. The van der Waals surface area contributed by atoms with Gasteiger partial charge in [0.2, 0.25) is 0 Å². The lowest BCUT2D eigenvalue weighted by atomic mass is 10.1. The van der Waals surface area contributed by atoms with Crippen LogP contribution in [0.15, 0.2) is 18.5 Å². The Kier molecular flexibility index (Phi) is 5.31. The summed E-state index contributed by atoms with van der Waals surface area (Å²) in [4.78, 5) is 30.4. The second-order valence-corrected chi connectivity index (χ2v) is 5.80. The first-order chi connectivity index (χ1) is 10.1. The van der Waals surface area contributed by atoms with E-state index in [1.54, 1.807) is 12.3 Å². The van der Waals surface area contributed by atoms with Crippen molar-refractivity contribution < 1.29 is 9.59 Å². The summed E-state index contributed by atoms with van der Waals surface area (Å²) < 4.78 is 0. The molecule has 1 fully saturated rings. The van der Waals surface area contributed by atoms with E-state index in [1.165, 1.54) is 19.0 Å². The van der Waals surface area contributed by atoms with Crippen molar-refractivity contribution in [1.29, 1.82) is 0 Å². The molecule has 0 radical (unpaired) electrons. The molecule has 114 valence electrons. The summed E-state index contributed by atoms with van der Waals surface area (Å²) in [7, 11) is 0. The SMILES string of the molecule is CC(C)NC(=O)c1cncc(C(=O)N2CCCCCC2)c1. The summed E-state index contributed by atoms with van der Waals surface area (Å²) in [6.45, 7) is 5.39. The molecule has 5 nitrogen and oxygen atoms in total. The molecular formula is C16H23N3O2. The molecule has 0 saturated carbocycles. The zero-order valence-electron chi connectivity index (χ0n) is 12.8. The van der Waals surface area contributed by atoms with Gasteiger partial charge in [-0.15, -0.1) is 0 Å². The number of aromatic nitrogens is 1. The van der Waals surface area contributed by atoms with Crippen molar-refractivity contribution in [3.8, 4) is 0 Å². The Morgan fingerprint density at radius 3 is 2.33 bits per heavy atom. The second kappa shape index (κ2) is 7.20. The number of likely N-dealkylation sites (tertiary alicyclic amines) is 1. The summed E-state index contributed by atoms with van der Waals surface area (Å²) in [5, 5.41) is 2.81. The normalized spacial score (nSPS) is 15.7. The Balaban J connectivity index is 2.12. The van der Waals surface area contributed by atoms with E-state index in [1.807, 2.05) is 18.7 Å². The van der Waals surface area contributed by atoms with E-state index in [0.717, 1.165) is 25.9 Å². The van der Waals surface area contributed by atoms with Crippen LogP contribution < -0.4 is 5.32 Å². The smallest absolute Gasteiger partial charge is 0.255 e. The van der Waals surface area contributed by atoms with E-state index in [0.29, 0.717) is 11.1 Å². The van der Waals surface area contributed by atoms with E-state index in [-0.39, 0.29) is 17.9 Å². The Bertz CT molecular complexity index is 506. The van der Waals surface area contributed by atoms with Crippen molar-refractivity contribution in [2.45, 2.75) is 45.6 Å². The quantitative estimate of drug-likeness (QED) is 0.928. The van der Waals surface area contributed by atoms with Gasteiger partial charge in [0, 0.05) is 31.5 Å². The summed E-state index contributed by atoms with van der Waals surface area (Å²) >= 11 is 0. The predicted molar refractivity (Wildman–Crippen MR) is 81.2 cm³/mol. The van der Waals surface area contributed by atoms with Crippen LogP contribution in [0, 0.1) is 0 Å². The summed E-state index contributed by atoms with van der Waals surface area (Å²) in [5.74, 6) is -0.216. The molecule has 0 atom stereocenters. The van der Waals surface area contributed by atoms with Gasteiger partial charge >= 0.3 is 0 Å². The van der Waals surface area contributed by atoms with Gasteiger partial charge in [0.15, 0.2) is 0 Å². The number of hydrogen-bond donors (Lipinski definition) is 1. The van der Waals surface area contributed by atoms with Gasteiger partial charge in [-0.3, -0.25) is 14.6 Å². The summed E-state index contributed by atoms with van der Waals surface area (Å²) in [6, 6.07) is 1.69. The standard InChI is InChI=1S/C16H23N3O2/c1-12(2)18-15(20)13-9-14(11-17-10-13)16(21)19-7-5-3-4-6-8-19/h9-12H,3-8H2,1-2H3,(H,18,20). The van der Waals surface area contributed by atoms with Gasteiger partial charge in [-0.1, -0.05) is 12.8 Å². The van der Waals surface area contributed by atoms with Crippen LogP contribution in [0.1, 0.15) is 60.2 Å². The fraction of sp³-hybridized carbons (Fsp3) is 0.562. The van der Waals surface area contributed by atoms with Gasteiger partial charge in [-0.05, 0) is 32.8 Å². The maximum atomic E-state index is 12.5. The van der Waals surface area contributed by atoms with Crippen LogP contribution in [0.2, 0.25) is 0 Å². The van der Waals surface area contributed by atoms with Crippen LogP contribution in [0.4, 0.5) is 0 Å².